The maximum absolute atomic E-state index is 12.1. The lowest BCUT2D eigenvalue weighted by Crippen LogP contribution is -2.16. The first-order chi connectivity index (χ1) is 9.61. The molecule has 9 nitrogen and oxygen atoms in total. The van der Waals surface area contributed by atoms with Gasteiger partial charge in [-0.1, -0.05) is 0 Å². The van der Waals surface area contributed by atoms with Gasteiger partial charge in [-0.05, 0) is 24.3 Å². The second kappa shape index (κ2) is 5.71. The van der Waals surface area contributed by atoms with Crippen molar-refractivity contribution in [1.29, 1.82) is 0 Å². The number of carbonyl (C=O) groups is 1. The molecule has 102 valence electrons. The molecule has 0 aliphatic rings. The van der Waals surface area contributed by atoms with Crippen molar-refractivity contribution in [3.8, 4) is 0 Å². The van der Waals surface area contributed by atoms with Gasteiger partial charge >= 0.3 is 0 Å². The minimum Gasteiger partial charge on any atom is -0.324 e. The van der Waals surface area contributed by atoms with Crippen LogP contribution in [0.25, 0.3) is 0 Å². The number of anilines is 2. The number of hydrogen-bond acceptors (Lipinski definition) is 7. The lowest BCUT2D eigenvalue weighted by atomic mass is 10.1. The first-order valence-corrected chi connectivity index (χ1v) is 5.46. The molecule has 0 saturated carbocycles. The first-order valence-electron chi connectivity index (χ1n) is 5.46. The number of benzene rings is 1. The smallest absolute Gasteiger partial charge is 0.282 e. The van der Waals surface area contributed by atoms with Gasteiger partial charge in [0.05, 0.1) is 4.92 Å². The van der Waals surface area contributed by atoms with Crippen molar-refractivity contribution >= 4 is 23.1 Å². The first kappa shape index (κ1) is 13.4. The summed E-state index contributed by atoms with van der Waals surface area (Å²) in [5.41, 5.74) is 2.24. The molecule has 0 unspecified atom stereocenters. The van der Waals surface area contributed by atoms with Crippen molar-refractivity contribution in [2.75, 3.05) is 10.7 Å². The van der Waals surface area contributed by atoms with Crippen molar-refractivity contribution < 1.29 is 9.72 Å². The molecule has 0 bridgehead atoms. The van der Waals surface area contributed by atoms with Crippen LogP contribution < -0.4 is 16.6 Å². The van der Waals surface area contributed by atoms with E-state index in [4.69, 9.17) is 5.84 Å². The van der Waals surface area contributed by atoms with Gasteiger partial charge in [0.15, 0.2) is 5.82 Å². The predicted molar refractivity (Wildman–Crippen MR) is 70.9 cm³/mol. The Balaban J connectivity index is 2.35. The molecule has 0 saturated heterocycles. The van der Waals surface area contributed by atoms with E-state index in [0.29, 0.717) is 5.69 Å². The van der Waals surface area contributed by atoms with Gasteiger partial charge in [-0.25, -0.2) is 0 Å². The Bertz CT molecular complexity index is 646. The van der Waals surface area contributed by atoms with Crippen LogP contribution in [0, 0.1) is 10.1 Å². The van der Waals surface area contributed by atoms with Gasteiger partial charge in [-0.2, -0.15) is 5.10 Å². The fraction of sp³-hybridized carbons (Fsp3) is 0. The van der Waals surface area contributed by atoms with E-state index in [2.05, 4.69) is 20.9 Å². The van der Waals surface area contributed by atoms with Crippen molar-refractivity contribution in [3.63, 3.8) is 0 Å². The molecular weight excluding hydrogens is 264 g/mol. The summed E-state index contributed by atoms with van der Waals surface area (Å²) in [5.74, 6) is 4.74. The number of nitrogens with one attached hydrogen (secondary N) is 2. The molecule has 1 aromatic heterocycles. The van der Waals surface area contributed by atoms with Crippen LogP contribution in [0.3, 0.4) is 0 Å². The molecule has 2 rings (SSSR count). The molecule has 0 spiro atoms. The Kier molecular flexibility index (Phi) is 3.82. The largest absolute Gasteiger partial charge is 0.324 e. The van der Waals surface area contributed by atoms with Gasteiger partial charge in [0, 0.05) is 18.0 Å². The summed E-state index contributed by atoms with van der Waals surface area (Å²) < 4.78 is 0. The minimum atomic E-state index is -0.672. The quantitative estimate of drug-likeness (QED) is 0.428. The van der Waals surface area contributed by atoms with Crippen LogP contribution in [-0.2, 0) is 0 Å². The Labute approximate surface area is 112 Å². The molecular formula is C11H10N6O3. The molecule has 9 heteroatoms. The van der Waals surface area contributed by atoms with E-state index in [1.807, 2.05) is 0 Å². The van der Waals surface area contributed by atoms with Crippen molar-refractivity contribution in [2.45, 2.75) is 0 Å². The number of nitrogen functional groups attached to an aromatic ring is 1. The molecule has 1 amide bonds. The fourth-order valence-electron chi connectivity index (χ4n) is 1.52. The van der Waals surface area contributed by atoms with Gasteiger partial charge in [0.1, 0.15) is 5.56 Å². The number of nitro benzene ring substituents is 1. The summed E-state index contributed by atoms with van der Waals surface area (Å²) in [4.78, 5) is 22.3. The zero-order chi connectivity index (χ0) is 14.5. The third-order valence-corrected chi connectivity index (χ3v) is 2.42. The summed E-state index contributed by atoms with van der Waals surface area (Å²) in [6.45, 7) is 0. The standard InChI is InChI=1S/C11H10N6O3/c12-15-7-3-4-9(17(19)20)8(6-7)11(18)14-10-2-1-5-13-16-10/h1-6,15H,12H2,(H,14,16,18). The maximum Gasteiger partial charge on any atom is 0.282 e. The van der Waals surface area contributed by atoms with Crippen LogP contribution in [0.15, 0.2) is 36.5 Å². The highest BCUT2D eigenvalue weighted by Gasteiger charge is 2.21. The number of rotatable bonds is 4. The number of hydrazine groups is 1. The van der Waals surface area contributed by atoms with Crippen molar-refractivity contribution in [3.05, 3.63) is 52.2 Å². The van der Waals surface area contributed by atoms with Gasteiger partial charge in [-0.15, -0.1) is 5.10 Å². The second-order valence-corrected chi connectivity index (χ2v) is 3.70. The van der Waals surface area contributed by atoms with E-state index in [9.17, 15) is 14.9 Å². The molecule has 4 N–H and O–H groups in total. The Hall–Kier alpha value is -3.07. The van der Waals surface area contributed by atoms with Crippen LogP contribution in [0.5, 0.6) is 0 Å². The van der Waals surface area contributed by atoms with Crippen molar-refractivity contribution in [2.24, 2.45) is 5.84 Å². The third-order valence-electron chi connectivity index (χ3n) is 2.42. The van der Waals surface area contributed by atoms with E-state index < -0.39 is 10.8 Å². The number of nitrogens with two attached hydrogens (primary N) is 1. The monoisotopic (exact) mass is 274 g/mol. The average Bonchev–Trinajstić information content (AvgIpc) is 2.47. The number of nitro groups is 1. The van der Waals surface area contributed by atoms with E-state index in [0.717, 1.165) is 0 Å². The third kappa shape index (κ3) is 2.84. The number of aromatic nitrogens is 2. The Morgan fingerprint density at radius 1 is 1.35 bits per heavy atom. The molecule has 0 atom stereocenters. The Morgan fingerprint density at radius 3 is 2.75 bits per heavy atom. The zero-order valence-electron chi connectivity index (χ0n) is 10.1. The summed E-state index contributed by atoms with van der Waals surface area (Å²) in [5, 5.41) is 20.6. The van der Waals surface area contributed by atoms with E-state index >= 15 is 0 Å². The molecule has 2 aromatic rings. The van der Waals surface area contributed by atoms with E-state index in [1.54, 1.807) is 6.07 Å². The Morgan fingerprint density at radius 2 is 2.15 bits per heavy atom. The molecule has 0 aliphatic heterocycles. The van der Waals surface area contributed by atoms with Gasteiger partial charge in [0.25, 0.3) is 11.6 Å². The van der Waals surface area contributed by atoms with E-state index in [1.165, 1.54) is 30.5 Å². The topological polar surface area (TPSA) is 136 Å². The molecule has 1 heterocycles. The SMILES string of the molecule is NNc1ccc([N+](=O)[O-])c(C(=O)Nc2cccnn2)c1. The van der Waals surface area contributed by atoms with Crippen LogP contribution >= 0.6 is 0 Å². The van der Waals surface area contributed by atoms with Gasteiger partial charge in [0.2, 0.25) is 0 Å². The number of carbonyl (C=O) groups excluding carboxylic acids is 1. The number of hydrogen-bond donors (Lipinski definition) is 3. The summed E-state index contributed by atoms with van der Waals surface area (Å²) in [7, 11) is 0. The number of amides is 1. The predicted octanol–water partition coefficient (Wildman–Crippen LogP) is 0.923. The minimum absolute atomic E-state index is 0.129. The van der Waals surface area contributed by atoms with Crippen LogP contribution in [0.2, 0.25) is 0 Å². The molecule has 0 radical (unpaired) electrons. The maximum atomic E-state index is 12.1. The average molecular weight is 274 g/mol. The zero-order valence-corrected chi connectivity index (χ0v) is 10.1. The summed E-state index contributed by atoms with van der Waals surface area (Å²) >= 11 is 0. The molecule has 0 fully saturated rings. The van der Waals surface area contributed by atoms with Crippen LogP contribution in [-0.4, -0.2) is 21.0 Å². The van der Waals surface area contributed by atoms with Gasteiger partial charge < -0.3 is 10.7 Å². The summed E-state index contributed by atoms with van der Waals surface area (Å²) in [6.07, 6.45) is 1.44. The lowest BCUT2D eigenvalue weighted by molar-refractivity contribution is -0.385. The fourth-order valence-corrected chi connectivity index (χ4v) is 1.52. The van der Waals surface area contributed by atoms with E-state index in [-0.39, 0.29) is 17.1 Å². The normalized spacial score (nSPS) is 9.85. The summed E-state index contributed by atoms with van der Waals surface area (Å²) in [6, 6.07) is 6.97. The highest BCUT2D eigenvalue weighted by atomic mass is 16.6. The van der Waals surface area contributed by atoms with Crippen LogP contribution in [0.1, 0.15) is 10.4 Å². The van der Waals surface area contributed by atoms with Crippen LogP contribution in [0.4, 0.5) is 17.2 Å². The molecule has 1 aromatic carbocycles. The van der Waals surface area contributed by atoms with Crippen molar-refractivity contribution in [1.82, 2.24) is 10.2 Å². The lowest BCUT2D eigenvalue weighted by Gasteiger charge is -2.06. The number of nitrogens with zero attached hydrogens (tertiary/aromatic N) is 3. The highest BCUT2D eigenvalue weighted by Crippen LogP contribution is 2.23. The second-order valence-electron chi connectivity index (χ2n) is 3.70. The molecule has 0 aliphatic carbocycles. The molecule has 20 heavy (non-hydrogen) atoms. The highest BCUT2D eigenvalue weighted by molar-refractivity contribution is 6.07. The van der Waals surface area contributed by atoms with Gasteiger partial charge in [-0.3, -0.25) is 20.8 Å².